The van der Waals surface area contributed by atoms with Gasteiger partial charge in [-0.3, -0.25) is 20.1 Å². The Morgan fingerprint density at radius 2 is 2.12 bits per heavy atom. The number of aromatic amines is 1. The van der Waals surface area contributed by atoms with E-state index in [4.69, 9.17) is 9.98 Å². The molecule has 3 aromatic heterocycles. The van der Waals surface area contributed by atoms with Gasteiger partial charge in [0.15, 0.2) is 11.5 Å². The SMILES string of the molecule is C=CC=N/C(=C\C)c1ccc2[nH]nc(C3=NCc4c(cncc4-c4cccc(F)c4)N3)c2n1. The normalized spacial score (nSPS) is 13.6. The van der Waals surface area contributed by atoms with Gasteiger partial charge in [-0.15, -0.1) is 0 Å². The molecule has 0 saturated carbocycles. The number of amidine groups is 1. The van der Waals surface area contributed by atoms with Crippen molar-refractivity contribution in [3.63, 3.8) is 0 Å². The molecule has 0 spiro atoms. The highest BCUT2D eigenvalue weighted by Crippen LogP contribution is 2.32. The third-order valence-electron chi connectivity index (χ3n) is 5.33. The maximum atomic E-state index is 13.8. The zero-order valence-corrected chi connectivity index (χ0v) is 17.9. The van der Waals surface area contributed by atoms with Crippen LogP contribution in [0.4, 0.5) is 10.1 Å². The number of hydrogen-bond donors (Lipinski definition) is 2. The molecule has 5 rings (SSSR count). The lowest BCUT2D eigenvalue weighted by molar-refractivity contribution is 0.628. The van der Waals surface area contributed by atoms with E-state index >= 15 is 0 Å². The molecule has 8 heteroatoms. The molecule has 0 amide bonds. The Balaban J connectivity index is 1.52. The summed E-state index contributed by atoms with van der Waals surface area (Å²) in [4.78, 5) is 18.2. The van der Waals surface area contributed by atoms with Crippen molar-refractivity contribution < 1.29 is 4.39 Å². The topological polar surface area (TPSA) is 91.2 Å². The van der Waals surface area contributed by atoms with E-state index in [-0.39, 0.29) is 5.82 Å². The van der Waals surface area contributed by atoms with E-state index in [2.05, 4.69) is 32.1 Å². The number of nitrogens with zero attached hydrogens (tertiary/aromatic N) is 5. The summed E-state index contributed by atoms with van der Waals surface area (Å²) in [5.74, 6) is 0.300. The fourth-order valence-corrected chi connectivity index (χ4v) is 3.76. The standard InChI is InChI=1S/C25H20FN7/c1-3-10-28-19(4-2)20-8-9-21-23(30-20)24(33-32-21)25-29-13-18-17(12-27-14-22(18)31-25)15-6-5-7-16(26)11-15/h3-12,14H,1,13H2,2H3,(H,29,31)(H,32,33)/b19-4-,28-10?. The molecule has 0 saturated heterocycles. The van der Waals surface area contributed by atoms with Gasteiger partial charge < -0.3 is 5.32 Å². The van der Waals surface area contributed by atoms with E-state index in [0.29, 0.717) is 23.6 Å². The second-order valence-electron chi connectivity index (χ2n) is 7.37. The number of fused-ring (bicyclic) bond motifs is 2. The molecule has 0 atom stereocenters. The largest absolute Gasteiger partial charge is 0.337 e. The van der Waals surface area contributed by atoms with Crippen molar-refractivity contribution in [1.29, 1.82) is 0 Å². The van der Waals surface area contributed by atoms with Crippen molar-refractivity contribution in [3.05, 3.63) is 90.3 Å². The fraction of sp³-hybridized carbons (Fsp3) is 0.0800. The third-order valence-corrected chi connectivity index (χ3v) is 5.33. The molecule has 4 aromatic rings. The molecule has 1 aliphatic rings. The molecule has 7 nitrogen and oxygen atoms in total. The smallest absolute Gasteiger partial charge is 0.156 e. The Bertz CT molecular complexity index is 1460. The number of nitrogens with one attached hydrogen (secondary N) is 2. The summed E-state index contributed by atoms with van der Waals surface area (Å²) in [6.45, 7) is 5.98. The van der Waals surface area contributed by atoms with Gasteiger partial charge in [0.05, 0.1) is 35.3 Å². The van der Waals surface area contributed by atoms with Crippen LogP contribution in [0, 0.1) is 5.82 Å². The minimum atomic E-state index is -0.291. The molecule has 0 unspecified atom stereocenters. The van der Waals surface area contributed by atoms with Gasteiger partial charge in [-0.2, -0.15) is 5.10 Å². The second-order valence-corrected chi connectivity index (χ2v) is 7.37. The lowest BCUT2D eigenvalue weighted by Gasteiger charge is -2.20. The molecule has 0 fully saturated rings. The molecule has 0 radical (unpaired) electrons. The minimum Gasteiger partial charge on any atom is -0.337 e. The van der Waals surface area contributed by atoms with Gasteiger partial charge in [0.2, 0.25) is 0 Å². The molecule has 2 N–H and O–H groups in total. The molecule has 1 aromatic carbocycles. The van der Waals surface area contributed by atoms with Gasteiger partial charge in [0, 0.05) is 23.5 Å². The van der Waals surface area contributed by atoms with Crippen LogP contribution in [-0.4, -0.2) is 32.2 Å². The Hall–Kier alpha value is -4.46. The fourth-order valence-electron chi connectivity index (χ4n) is 3.76. The zero-order chi connectivity index (χ0) is 22.8. The molecule has 1 aliphatic heterocycles. The van der Waals surface area contributed by atoms with Crippen LogP contribution < -0.4 is 5.32 Å². The number of benzene rings is 1. The highest BCUT2D eigenvalue weighted by atomic mass is 19.1. The number of anilines is 1. The highest BCUT2D eigenvalue weighted by molar-refractivity contribution is 6.14. The third kappa shape index (κ3) is 3.82. The Morgan fingerprint density at radius 3 is 2.94 bits per heavy atom. The first-order valence-electron chi connectivity index (χ1n) is 10.4. The predicted molar refractivity (Wildman–Crippen MR) is 130 cm³/mol. The number of aromatic nitrogens is 4. The van der Waals surface area contributed by atoms with Crippen LogP contribution in [0.5, 0.6) is 0 Å². The van der Waals surface area contributed by atoms with E-state index in [1.165, 1.54) is 12.1 Å². The zero-order valence-electron chi connectivity index (χ0n) is 17.9. The number of aliphatic imine (C=N–C) groups is 2. The van der Waals surface area contributed by atoms with E-state index in [1.807, 2.05) is 31.2 Å². The van der Waals surface area contributed by atoms with E-state index in [1.54, 1.807) is 30.8 Å². The van der Waals surface area contributed by atoms with Gasteiger partial charge >= 0.3 is 0 Å². The summed E-state index contributed by atoms with van der Waals surface area (Å²) in [6, 6.07) is 10.3. The van der Waals surface area contributed by atoms with Crippen LogP contribution in [-0.2, 0) is 6.54 Å². The summed E-state index contributed by atoms with van der Waals surface area (Å²) < 4.78 is 13.8. The average molecular weight is 437 g/mol. The van der Waals surface area contributed by atoms with Crippen LogP contribution in [0.15, 0.2) is 77.5 Å². The van der Waals surface area contributed by atoms with Crippen molar-refractivity contribution in [3.8, 4) is 11.1 Å². The number of H-pyrrole nitrogens is 1. The summed E-state index contributed by atoms with van der Waals surface area (Å²) in [6.07, 6.45) is 8.61. The van der Waals surface area contributed by atoms with Gasteiger partial charge in [-0.05, 0) is 36.8 Å². The summed E-state index contributed by atoms with van der Waals surface area (Å²) in [5, 5.41) is 10.8. The summed E-state index contributed by atoms with van der Waals surface area (Å²) >= 11 is 0. The minimum absolute atomic E-state index is 0.291. The molecule has 4 heterocycles. The first-order chi connectivity index (χ1) is 16.2. The number of pyridine rings is 2. The van der Waals surface area contributed by atoms with Gasteiger partial charge in [-0.25, -0.2) is 9.37 Å². The second kappa shape index (κ2) is 8.58. The highest BCUT2D eigenvalue weighted by Gasteiger charge is 2.22. The molecular weight excluding hydrogens is 417 g/mol. The Labute approximate surface area is 189 Å². The lowest BCUT2D eigenvalue weighted by atomic mass is 9.99. The van der Waals surface area contributed by atoms with Crippen molar-refractivity contribution in [1.82, 2.24) is 20.2 Å². The molecule has 0 bridgehead atoms. The summed E-state index contributed by atoms with van der Waals surface area (Å²) in [7, 11) is 0. The Kier molecular flexibility index (Phi) is 5.32. The van der Waals surface area contributed by atoms with Crippen LogP contribution in [0.25, 0.3) is 27.9 Å². The lowest BCUT2D eigenvalue weighted by Crippen LogP contribution is -2.20. The first-order valence-corrected chi connectivity index (χ1v) is 10.4. The van der Waals surface area contributed by atoms with Gasteiger partial charge in [-0.1, -0.05) is 30.9 Å². The van der Waals surface area contributed by atoms with Crippen molar-refractivity contribution in [2.24, 2.45) is 9.98 Å². The number of allylic oxidation sites excluding steroid dienone is 2. The van der Waals surface area contributed by atoms with Crippen molar-refractivity contribution in [2.45, 2.75) is 13.5 Å². The predicted octanol–water partition coefficient (Wildman–Crippen LogP) is 5.15. The van der Waals surface area contributed by atoms with Crippen molar-refractivity contribution >= 4 is 34.5 Å². The van der Waals surface area contributed by atoms with Gasteiger partial charge in [0.25, 0.3) is 0 Å². The molecule has 162 valence electrons. The molecular formula is C25H20FN7. The van der Waals surface area contributed by atoms with E-state index in [0.717, 1.165) is 39.3 Å². The number of rotatable bonds is 5. The quantitative estimate of drug-likeness (QED) is 0.423. The average Bonchev–Trinajstić information content (AvgIpc) is 3.27. The first kappa shape index (κ1) is 20.4. The van der Waals surface area contributed by atoms with Crippen LogP contribution >= 0.6 is 0 Å². The van der Waals surface area contributed by atoms with Crippen LogP contribution in [0.2, 0.25) is 0 Å². The number of halogens is 1. The maximum Gasteiger partial charge on any atom is 0.156 e. The van der Waals surface area contributed by atoms with E-state index < -0.39 is 0 Å². The maximum absolute atomic E-state index is 13.8. The Morgan fingerprint density at radius 1 is 1.21 bits per heavy atom. The van der Waals surface area contributed by atoms with Gasteiger partial charge in [0.1, 0.15) is 11.3 Å². The van der Waals surface area contributed by atoms with Crippen LogP contribution in [0.1, 0.15) is 23.9 Å². The number of hydrogen-bond acceptors (Lipinski definition) is 6. The summed E-state index contributed by atoms with van der Waals surface area (Å²) in [5.41, 5.74) is 6.89. The van der Waals surface area contributed by atoms with Crippen molar-refractivity contribution in [2.75, 3.05) is 5.32 Å². The van der Waals surface area contributed by atoms with Crippen LogP contribution in [0.3, 0.4) is 0 Å². The van der Waals surface area contributed by atoms with E-state index in [9.17, 15) is 4.39 Å². The molecule has 33 heavy (non-hydrogen) atoms. The monoisotopic (exact) mass is 437 g/mol. The molecule has 0 aliphatic carbocycles.